The number of aryl methyl sites for hydroxylation is 2. The first kappa shape index (κ1) is 14.3. The van der Waals surface area contributed by atoms with Gasteiger partial charge in [0.05, 0.1) is 0 Å². The fourth-order valence-corrected chi connectivity index (χ4v) is 2.43. The van der Waals surface area contributed by atoms with Gasteiger partial charge in [0.1, 0.15) is 6.04 Å². The maximum absolute atomic E-state index is 12.0. The van der Waals surface area contributed by atoms with E-state index in [1.807, 2.05) is 18.2 Å². The van der Waals surface area contributed by atoms with Gasteiger partial charge < -0.3 is 20.8 Å². The van der Waals surface area contributed by atoms with Gasteiger partial charge in [-0.3, -0.25) is 4.79 Å². The summed E-state index contributed by atoms with van der Waals surface area (Å²) in [6, 6.07) is 4.78. The summed E-state index contributed by atoms with van der Waals surface area (Å²) >= 11 is 0. The Kier molecular flexibility index (Phi) is 4.57. The summed E-state index contributed by atoms with van der Waals surface area (Å²) in [5.74, 6) is -0.459. The molecule has 6 nitrogen and oxygen atoms in total. The third-order valence-corrected chi connectivity index (χ3v) is 3.40. The Labute approximate surface area is 116 Å². The summed E-state index contributed by atoms with van der Waals surface area (Å²) in [6.07, 6.45) is 1.96. The highest BCUT2D eigenvalue weighted by Gasteiger charge is 2.20. The normalized spacial score (nSPS) is 14.4. The first-order chi connectivity index (χ1) is 9.60. The number of hydrogen-bond donors (Lipinski definition) is 4. The molecule has 0 spiro atoms. The average molecular weight is 278 g/mol. The van der Waals surface area contributed by atoms with Gasteiger partial charge in [-0.15, -0.1) is 0 Å². The SMILES string of the molecule is O=C(O)N[C@@H](CCO)C(=O)Nc1ccc2c(c1)CCC2. The van der Waals surface area contributed by atoms with E-state index in [-0.39, 0.29) is 13.0 Å². The number of benzene rings is 1. The Morgan fingerprint density at radius 2 is 2.00 bits per heavy atom. The Hall–Kier alpha value is -2.08. The van der Waals surface area contributed by atoms with Crippen LogP contribution in [0.1, 0.15) is 24.0 Å². The van der Waals surface area contributed by atoms with E-state index in [1.165, 1.54) is 11.1 Å². The van der Waals surface area contributed by atoms with Crippen molar-refractivity contribution in [3.05, 3.63) is 29.3 Å². The molecule has 108 valence electrons. The number of fused-ring (bicyclic) bond motifs is 1. The number of carbonyl (C=O) groups is 2. The molecular weight excluding hydrogens is 260 g/mol. The number of aliphatic hydroxyl groups is 1. The molecule has 0 unspecified atom stereocenters. The molecule has 0 aliphatic heterocycles. The molecule has 2 rings (SSSR count). The molecule has 0 saturated carbocycles. The summed E-state index contributed by atoms with van der Waals surface area (Å²) in [4.78, 5) is 22.6. The third kappa shape index (κ3) is 3.48. The lowest BCUT2D eigenvalue weighted by molar-refractivity contribution is -0.118. The van der Waals surface area contributed by atoms with Crippen molar-refractivity contribution < 1.29 is 19.8 Å². The smallest absolute Gasteiger partial charge is 0.405 e. The highest BCUT2D eigenvalue weighted by molar-refractivity contribution is 5.96. The summed E-state index contributed by atoms with van der Waals surface area (Å²) in [7, 11) is 0. The van der Waals surface area contributed by atoms with Crippen molar-refractivity contribution in [2.24, 2.45) is 0 Å². The van der Waals surface area contributed by atoms with Crippen molar-refractivity contribution in [3.8, 4) is 0 Å². The van der Waals surface area contributed by atoms with Gasteiger partial charge in [0.15, 0.2) is 0 Å². The first-order valence-corrected chi connectivity index (χ1v) is 6.63. The second kappa shape index (κ2) is 6.38. The summed E-state index contributed by atoms with van der Waals surface area (Å²) in [6.45, 7) is -0.261. The van der Waals surface area contributed by atoms with E-state index in [0.29, 0.717) is 5.69 Å². The third-order valence-electron chi connectivity index (χ3n) is 3.40. The standard InChI is InChI=1S/C14H18N2O4/c17-7-6-12(16-14(19)20)13(18)15-11-5-4-9-2-1-3-10(9)8-11/h4-5,8,12,16-17H,1-3,6-7H2,(H,15,18)(H,19,20)/t12-/m0/s1. The predicted octanol–water partition coefficient (Wildman–Crippen LogP) is 1.13. The lowest BCUT2D eigenvalue weighted by Gasteiger charge is -2.16. The molecule has 20 heavy (non-hydrogen) atoms. The minimum atomic E-state index is -1.28. The zero-order valence-electron chi connectivity index (χ0n) is 11.1. The molecule has 0 heterocycles. The molecule has 1 aromatic rings. The van der Waals surface area contributed by atoms with Crippen molar-refractivity contribution in [3.63, 3.8) is 0 Å². The van der Waals surface area contributed by atoms with Crippen molar-refractivity contribution in [1.29, 1.82) is 0 Å². The zero-order chi connectivity index (χ0) is 14.5. The van der Waals surface area contributed by atoms with Gasteiger partial charge in [0.25, 0.3) is 0 Å². The molecule has 0 aromatic heterocycles. The quantitative estimate of drug-likeness (QED) is 0.649. The van der Waals surface area contributed by atoms with Crippen LogP contribution in [0.25, 0.3) is 0 Å². The molecule has 0 saturated heterocycles. The van der Waals surface area contributed by atoms with Gasteiger partial charge in [-0.1, -0.05) is 6.07 Å². The van der Waals surface area contributed by atoms with Gasteiger partial charge >= 0.3 is 6.09 Å². The van der Waals surface area contributed by atoms with Crippen LogP contribution >= 0.6 is 0 Å². The number of carbonyl (C=O) groups excluding carboxylic acids is 1. The first-order valence-electron chi connectivity index (χ1n) is 6.63. The van der Waals surface area contributed by atoms with Gasteiger partial charge in [-0.05, 0) is 48.9 Å². The van der Waals surface area contributed by atoms with Crippen LogP contribution in [0.15, 0.2) is 18.2 Å². The second-order valence-corrected chi connectivity index (χ2v) is 4.84. The largest absolute Gasteiger partial charge is 0.465 e. The molecule has 0 radical (unpaired) electrons. The van der Waals surface area contributed by atoms with Crippen molar-refractivity contribution >= 4 is 17.7 Å². The number of carboxylic acid groups (broad SMARTS) is 1. The van der Waals surface area contributed by atoms with Gasteiger partial charge in [-0.25, -0.2) is 4.79 Å². The lowest BCUT2D eigenvalue weighted by Crippen LogP contribution is -2.43. The van der Waals surface area contributed by atoms with Crippen LogP contribution in [0.5, 0.6) is 0 Å². The Morgan fingerprint density at radius 3 is 2.70 bits per heavy atom. The fraction of sp³-hybridized carbons (Fsp3) is 0.429. The molecule has 4 N–H and O–H groups in total. The minimum Gasteiger partial charge on any atom is -0.465 e. The van der Waals surface area contributed by atoms with Crippen LogP contribution in [0.3, 0.4) is 0 Å². The van der Waals surface area contributed by atoms with Crippen LogP contribution in [-0.4, -0.2) is 34.9 Å². The van der Waals surface area contributed by atoms with E-state index in [1.54, 1.807) is 0 Å². The summed E-state index contributed by atoms with van der Waals surface area (Å²) in [5, 5.41) is 22.3. The van der Waals surface area contributed by atoms with Crippen LogP contribution in [0, 0.1) is 0 Å². The van der Waals surface area contributed by atoms with E-state index in [9.17, 15) is 9.59 Å². The van der Waals surface area contributed by atoms with Crippen LogP contribution < -0.4 is 10.6 Å². The molecule has 0 fully saturated rings. The topological polar surface area (TPSA) is 98.7 Å². The minimum absolute atomic E-state index is 0.0447. The molecule has 1 aliphatic rings. The maximum Gasteiger partial charge on any atom is 0.405 e. The highest BCUT2D eigenvalue weighted by atomic mass is 16.4. The van der Waals surface area contributed by atoms with E-state index < -0.39 is 18.0 Å². The summed E-state index contributed by atoms with van der Waals surface area (Å²) in [5.41, 5.74) is 3.19. The number of anilines is 1. The molecule has 6 heteroatoms. The molecule has 1 aromatic carbocycles. The zero-order valence-corrected chi connectivity index (χ0v) is 11.1. The van der Waals surface area contributed by atoms with Gasteiger partial charge in [0.2, 0.25) is 5.91 Å². The number of nitrogens with one attached hydrogen (secondary N) is 2. The Morgan fingerprint density at radius 1 is 1.25 bits per heavy atom. The van der Waals surface area contributed by atoms with E-state index in [2.05, 4.69) is 10.6 Å². The predicted molar refractivity (Wildman–Crippen MR) is 73.7 cm³/mol. The lowest BCUT2D eigenvalue weighted by atomic mass is 10.1. The Balaban J connectivity index is 2.03. The van der Waals surface area contributed by atoms with Gasteiger partial charge in [0, 0.05) is 12.3 Å². The molecule has 1 atom stereocenters. The number of rotatable bonds is 5. The second-order valence-electron chi connectivity index (χ2n) is 4.84. The Bertz CT molecular complexity index is 516. The maximum atomic E-state index is 12.0. The monoisotopic (exact) mass is 278 g/mol. The van der Waals surface area contributed by atoms with Gasteiger partial charge in [-0.2, -0.15) is 0 Å². The number of amides is 2. The van der Waals surface area contributed by atoms with E-state index >= 15 is 0 Å². The van der Waals surface area contributed by atoms with Crippen molar-refractivity contribution in [2.75, 3.05) is 11.9 Å². The number of aliphatic hydroxyl groups excluding tert-OH is 1. The number of hydrogen-bond acceptors (Lipinski definition) is 3. The summed E-state index contributed by atoms with van der Waals surface area (Å²) < 4.78 is 0. The van der Waals surface area contributed by atoms with Crippen LogP contribution in [0.2, 0.25) is 0 Å². The van der Waals surface area contributed by atoms with E-state index in [0.717, 1.165) is 19.3 Å². The molecule has 2 amide bonds. The van der Waals surface area contributed by atoms with Crippen LogP contribution in [0.4, 0.5) is 10.5 Å². The van der Waals surface area contributed by atoms with Crippen molar-refractivity contribution in [1.82, 2.24) is 5.32 Å². The molecule has 1 aliphatic carbocycles. The van der Waals surface area contributed by atoms with Crippen LogP contribution in [-0.2, 0) is 17.6 Å². The molecule has 0 bridgehead atoms. The molecular formula is C14H18N2O4. The van der Waals surface area contributed by atoms with Crippen molar-refractivity contribution in [2.45, 2.75) is 31.7 Å². The van der Waals surface area contributed by atoms with E-state index in [4.69, 9.17) is 10.2 Å². The average Bonchev–Trinajstić information content (AvgIpc) is 2.85. The fourth-order valence-electron chi connectivity index (χ4n) is 2.43. The highest BCUT2D eigenvalue weighted by Crippen LogP contribution is 2.24.